The molecule has 26 heavy (non-hydrogen) atoms. The highest BCUT2D eigenvalue weighted by Crippen LogP contribution is 2.15. The van der Waals surface area contributed by atoms with Gasteiger partial charge in [-0.2, -0.15) is 5.10 Å². The first-order valence-corrected chi connectivity index (χ1v) is 8.83. The van der Waals surface area contributed by atoms with Crippen molar-refractivity contribution in [3.8, 4) is 11.3 Å². The van der Waals surface area contributed by atoms with Gasteiger partial charge in [-0.1, -0.05) is 6.07 Å². The number of rotatable bonds is 6. The standard InChI is InChI=1S/C19H16FN3O2S/c20-15-5-3-14(4-6-15)17-8-10-19(25)23(22-17)12-11-21-18(24)9-7-16-2-1-13-26-16/h1-10,13H,11-12H2,(H,21,24)/b9-7+. The van der Waals surface area contributed by atoms with E-state index in [0.717, 1.165) is 4.88 Å². The summed E-state index contributed by atoms with van der Waals surface area (Å²) >= 11 is 1.54. The highest BCUT2D eigenvalue weighted by molar-refractivity contribution is 7.10. The number of hydrogen-bond acceptors (Lipinski definition) is 4. The summed E-state index contributed by atoms with van der Waals surface area (Å²) in [5.41, 5.74) is 1.01. The van der Waals surface area contributed by atoms with Crippen LogP contribution in [0.5, 0.6) is 0 Å². The molecular formula is C19H16FN3O2S. The van der Waals surface area contributed by atoms with Gasteiger partial charge in [0.25, 0.3) is 5.56 Å². The van der Waals surface area contributed by atoms with Crippen molar-refractivity contribution in [1.29, 1.82) is 0 Å². The molecule has 1 N–H and O–H groups in total. The lowest BCUT2D eigenvalue weighted by Crippen LogP contribution is -2.31. The molecule has 0 bridgehead atoms. The van der Waals surface area contributed by atoms with Crippen LogP contribution in [0.3, 0.4) is 0 Å². The van der Waals surface area contributed by atoms with Crippen LogP contribution in [0.15, 0.2) is 64.8 Å². The monoisotopic (exact) mass is 369 g/mol. The Labute approximate surface area is 153 Å². The maximum absolute atomic E-state index is 13.0. The predicted octanol–water partition coefficient (Wildman–Crippen LogP) is 2.94. The summed E-state index contributed by atoms with van der Waals surface area (Å²) in [6.07, 6.45) is 3.19. The number of aromatic nitrogens is 2. The average Bonchev–Trinajstić information content (AvgIpc) is 3.16. The van der Waals surface area contributed by atoms with Crippen molar-refractivity contribution in [2.45, 2.75) is 6.54 Å². The largest absolute Gasteiger partial charge is 0.351 e. The Kier molecular flexibility index (Phi) is 5.70. The maximum atomic E-state index is 13.0. The second kappa shape index (κ2) is 8.35. The van der Waals surface area contributed by atoms with Gasteiger partial charge in [-0.05, 0) is 47.9 Å². The van der Waals surface area contributed by atoms with Crippen LogP contribution in [-0.4, -0.2) is 22.2 Å². The summed E-state index contributed by atoms with van der Waals surface area (Å²) in [4.78, 5) is 24.7. The Bertz CT molecular complexity index is 963. The minimum atomic E-state index is -0.333. The molecule has 2 aromatic heterocycles. The lowest BCUT2D eigenvalue weighted by atomic mass is 10.1. The van der Waals surface area contributed by atoms with E-state index in [-0.39, 0.29) is 30.4 Å². The van der Waals surface area contributed by atoms with Crippen molar-refractivity contribution in [3.63, 3.8) is 0 Å². The minimum Gasteiger partial charge on any atom is -0.351 e. The minimum absolute atomic E-state index is 0.235. The van der Waals surface area contributed by atoms with Crippen LogP contribution < -0.4 is 10.9 Å². The molecule has 3 rings (SSSR count). The second-order valence-electron chi connectivity index (χ2n) is 5.43. The molecule has 0 saturated carbocycles. The molecular weight excluding hydrogens is 353 g/mol. The van der Waals surface area contributed by atoms with Crippen LogP contribution >= 0.6 is 11.3 Å². The Hall–Kier alpha value is -3.06. The summed E-state index contributed by atoms with van der Waals surface area (Å²) in [7, 11) is 0. The smallest absolute Gasteiger partial charge is 0.266 e. The van der Waals surface area contributed by atoms with Crippen molar-refractivity contribution in [2.75, 3.05) is 6.54 Å². The van der Waals surface area contributed by atoms with E-state index < -0.39 is 0 Å². The van der Waals surface area contributed by atoms with Crippen molar-refractivity contribution in [1.82, 2.24) is 15.1 Å². The lowest BCUT2D eigenvalue weighted by molar-refractivity contribution is -0.116. The second-order valence-corrected chi connectivity index (χ2v) is 6.41. The molecule has 1 aromatic carbocycles. The van der Waals surface area contributed by atoms with E-state index in [1.165, 1.54) is 29.0 Å². The van der Waals surface area contributed by atoms with Crippen LogP contribution in [0, 0.1) is 5.82 Å². The first-order valence-electron chi connectivity index (χ1n) is 7.95. The molecule has 5 nitrogen and oxygen atoms in total. The molecule has 1 amide bonds. The van der Waals surface area contributed by atoms with Crippen LogP contribution in [0.1, 0.15) is 4.88 Å². The van der Waals surface area contributed by atoms with Crippen LogP contribution in [0.2, 0.25) is 0 Å². The van der Waals surface area contributed by atoms with Gasteiger partial charge in [0.15, 0.2) is 0 Å². The van der Waals surface area contributed by atoms with Gasteiger partial charge in [0.1, 0.15) is 5.82 Å². The fraction of sp³-hybridized carbons (Fsp3) is 0.105. The number of hydrogen-bond donors (Lipinski definition) is 1. The van der Waals surface area contributed by atoms with E-state index in [4.69, 9.17) is 0 Å². The fourth-order valence-corrected chi connectivity index (χ4v) is 2.89. The topological polar surface area (TPSA) is 64.0 Å². The number of nitrogens with zero attached hydrogens (tertiary/aromatic N) is 2. The molecule has 7 heteroatoms. The number of nitrogens with one attached hydrogen (secondary N) is 1. The zero-order chi connectivity index (χ0) is 18.4. The summed E-state index contributed by atoms with van der Waals surface area (Å²) in [6, 6.07) is 12.7. The van der Waals surface area contributed by atoms with E-state index >= 15 is 0 Å². The Morgan fingerprint density at radius 2 is 2.00 bits per heavy atom. The van der Waals surface area contributed by atoms with Gasteiger partial charge in [-0.3, -0.25) is 9.59 Å². The SMILES string of the molecule is O=C(/C=C/c1cccs1)NCCn1nc(-c2ccc(F)cc2)ccc1=O. The van der Waals surface area contributed by atoms with Gasteiger partial charge in [0.05, 0.1) is 12.2 Å². The Balaban J connectivity index is 1.61. The van der Waals surface area contributed by atoms with E-state index in [9.17, 15) is 14.0 Å². The zero-order valence-electron chi connectivity index (χ0n) is 13.8. The fourth-order valence-electron chi connectivity index (χ4n) is 2.27. The lowest BCUT2D eigenvalue weighted by Gasteiger charge is -2.07. The van der Waals surface area contributed by atoms with Gasteiger partial charge in [0, 0.05) is 29.1 Å². The number of thiophene rings is 1. The third-order valence-electron chi connectivity index (χ3n) is 3.57. The van der Waals surface area contributed by atoms with E-state index in [1.54, 1.807) is 35.6 Å². The van der Waals surface area contributed by atoms with Crippen molar-refractivity contribution < 1.29 is 9.18 Å². The van der Waals surface area contributed by atoms with Crippen molar-refractivity contribution in [2.24, 2.45) is 0 Å². The predicted molar refractivity (Wildman–Crippen MR) is 100 cm³/mol. The zero-order valence-corrected chi connectivity index (χ0v) is 14.6. The van der Waals surface area contributed by atoms with E-state index in [2.05, 4.69) is 10.4 Å². The molecule has 0 aliphatic heterocycles. The molecule has 0 radical (unpaired) electrons. The maximum Gasteiger partial charge on any atom is 0.266 e. The van der Waals surface area contributed by atoms with Gasteiger partial charge in [-0.25, -0.2) is 9.07 Å². The highest BCUT2D eigenvalue weighted by atomic mass is 32.1. The molecule has 0 aliphatic rings. The van der Waals surface area contributed by atoms with Gasteiger partial charge >= 0.3 is 0 Å². The van der Waals surface area contributed by atoms with Crippen molar-refractivity contribution in [3.05, 3.63) is 81.0 Å². The highest BCUT2D eigenvalue weighted by Gasteiger charge is 2.04. The third-order valence-corrected chi connectivity index (χ3v) is 4.41. The summed E-state index contributed by atoms with van der Waals surface area (Å²) < 4.78 is 14.3. The first kappa shape index (κ1) is 17.8. The molecule has 0 saturated heterocycles. The molecule has 0 aliphatic carbocycles. The number of benzene rings is 1. The number of amides is 1. The van der Waals surface area contributed by atoms with Gasteiger partial charge < -0.3 is 5.32 Å². The Morgan fingerprint density at radius 3 is 2.73 bits per heavy atom. The van der Waals surface area contributed by atoms with Crippen LogP contribution in [0.4, 0.5) is 4.39 Å². The Morgan fingerprint density at radius 1 is 1.19 bits per heavy atom. The molecule has 0 spiro atoms. The molecule has 132 valence electrons. The van der Waals surface area contributed by atoms with E-state index in [0.29, 0.717) is 11.3 Å². The van der Waals surface area contributed by atoms with Gasteiger partial charge in [-0.15, -0.1) is 11.3 Å². The van der Waals surface area contributed by atoms with Crippen molar-refractivity contribution >= 4 is 23.3 Å². The molecule has 2 heterocycles. The third kappa shape index (κ3) is 4.73. The van der Waals surface area contributed by atoms with Crippen LogP contribution in [0.25, 0.3) is 17.3 Å². The first-order chi connectivity index (χ1) is 12.6. The molecule has 0 fully saturated rings. The summed E-state index contributed by atoms with van der Waals surface area (Å²) in [6.45, 7) is 0.514. The van der Waals surface area contributed by atoms with E-state index in [1.807, 2.05) is 17.5 Å². The van der Waals surface area contributed by atoms with Crippen LogP contribution in [-0.2, 0) is 11.3 Å². The number of carbonyl (C=O) groups excluding carboxylic acids is 1. The number of carbonyl (C=O) groups is 1. The normalized spacial score (nSPS) is 11.0. The number of halogens is 1. The molecule has 3 aromatic rings. The summed E-state index contributed by atoms with van der Waals surface area (Å²) in [5, 5.41) is 8.92. The molecule has 0 atom stereocenters. The average molecular weight is 369 g/mol. The molecule has 0 unspecified atom stereocenters. The quantitative estimate of drug-likeness (QED) is 0.680. The van der Waals surface area contributed by atoms with Gasteiger partial charge in [0.2, 0.25) is 5.91 Å². The summed E-state index contributed by atoms with van der Waals surface area (Å²) in [5.74, 6) is -0.568.